The van der Waals surface area contributed by atoms with Gasteiger partial charge >= 0.3 is 5.97 Å². The second-order valence-corrected chi connectivity index (χ2v) is 9.44. The lowest BCUT2D eigenvalue weighted by atomic mass is 9.75. The maximum Gasteiger partial charge on any atom is 0.337 e. The molecule has 1 aromatic carbocycles. The zero-order valence-electron chi connectivity index (χ0n) is 18.8. The Hall–Kier alpha value is -3.08. The van der Waals surface area contributed by atoms with E-state index in [2.05, 4.69) is 59.0 Å². The summed E-state index contributed by atoms with van der Waals surface area (Å²) in [6.07, 6.45) is 14.9. The molecule has 2 atom stereocenters. The maximum absolute atomic E-state index is 12.4. The molecule has 4 aliphatic rings. The number of carbonyl (C=O) groups is 1. The number of esters is 1. The van der Waals surface area contributed by atoms with E-state index in [9.17, 15) is 4.79 Å². The summed E-state index contributed by atoms with van der Waals surface area (Å²) >= 11 is 0. The molecule has 2 aliphatic heterocycles. The van der Waals surface area contributed by atoms with E-state index < -0.39 is 0 Å². The molecule has 0 bridgehead atoms. The number of aryl methyl sites for hydroxylation is 1. The highest BCUT2D eigenvalue weighted by Gasteiger charge is 2.45. The van der Waals surface area contributed by atoms with E-state index in [-0.39, 0.29) is 17.9 Å². The molecule has 0 amide bonds. The smallest absolute Gasteiger partial charge is 0.337 e. The van der Waals surface area contributed by atoms with Crippen molar-refractivity contribution in [1.82, 2.24) is 14.5 Å². The number of methoxy groups -OCH3 is 1. The number of ether oxygens (including phenoxy) is 1. The van der Waals surface area contributed by atoms with Crippen molar-refractivity contribution in [3.05, 3.63) is 76.9 Å². The molecular weight excluding hydrogens is 398 g/mol. The SMILES string of the molecule is COC(=O)C1=CC2C(C=C1)C(C1CCCCC1)=C1c3ccccc3-n3cc(C)nc3CN12. The second kappa shape index (κ2) is 7.51. The van der Waals surface area contributed by atoms with Gasteiger partial charge in [-0.3, -0.25) is 0 Å². The molecule has 3 heterocycles. The van der Waals surface area contributed by atoms with Gasteiger partial charge in [-0.1, -0.05) is 49.6 Å². The number of fused-ring (bicyclic) bond motifs is 7. The van der Waals surface area contributed by atoms with Crippen molar-refractivity contribution in [2.45, 2.75) is 51.6 Å². The molecule has 0 spiro atoms. The number of para-hydroxylation sites is 1. The number of aromatic nitrogens is 2. The summed E-state index contributed by atoms with van der Waals surface area (Å²) in [4.78, 5) is 19.8. The van der Waals surface area contributed by atoms with Gasteiger partial charge in [0, 0.05) is 23.4 Å². The molecule has 1 saturated carbocycles. The lowest BCUT2D eigenvalue weighted by molar-refractivity contribution is -0.135. The van der Waals surface area contributed by atoms with E-state index in [0.29, 0.717) is 11.5 Å². The molecule has 2 unspecified atom stereocenters. The third-order valence-electron chi connectivity index (χ3n) is 7.58. The van der Waals surface area contributed by atoms with Crippen LogP contribution in [0.1, 0.15) is 49.2 Å². The van der Waals surface area contributed by atoms with Gasteiger partial charge in [-0.05, 0) is 43.4 Å². The van der Waals surface area contributed by atoms with Gasteiger partial charge in [0.2, 0.25) is 0 Å². The Kier molecular flexibility index (Phi) is 4.60. The number of hydrogen-bond donors (Lipinski definition) is 0. The fraction of sp³-hybridized carbons (Fsp3) is 0.407. The predicted molar refractivity (Wildman–Crippen MR) is 124 cm³/mol. The first-order valence-corrected chi connectivity index (χ1v) is 11.8. The summed E-state index contributed by atoms with van der Waals surface area (Å²) < 4.78 is 7.31. The monoisotopic (exact) mass is 427 g/mol. The van der Waals surface area contributed by atoms with Crippen molar-refractivity contribution in [2.24, 2.45) is 11.8 Å². The minimum atomic E-state index is -0.264. The minimum Gasteiger partial charge on any atom is -0.465 e. The number of imidazole rings is 1. The first-order valence-electron chi connectivity index (χ1n) is 11.8. The number of carbonyl (C=O) groups excluding carboxylic acids is 1. The highest BCUT2D eigenvalue weighted by Crippen LogP contribution is 2.51. The van der Waals surface area contributed by atoms with Gasteiger partial charge in [-0.25, -0.2) is 9.78 Å². The van der Waals surface area contributed by atoms with Crippen molar-refractivity contribution in [3.8, 4) is 5.69 Å². The standard InChI is InChI=1S/C27H29N3O2/c1-17-15-29-22-11-7-6-10-21(22)26-25(18-8-4-3-5-9-18)20-13-12-19(27(31)32-2)14-23(20)30(26)16-24(29)28-17/h6-7,10-15,18,20,23H,3-5,8-9,16H2,1-2H3. The van der Waals surface area contributed by atoms with Crippen molar-refractivity contribution in [2.75, 3.05) is 7.11 Å². The van der Waals surface area contributed by atoms with Crippen LogP contribution in [0.3, 0.4) is 0 Å². The summed E-state index contributed by atoms with van der Waals surface area (Å²) in [6.45, 7) is 2.79. The summed E-state index contributed by atoms with van der Waals surface area (Å²) in [6, 6.07) is 8.84. The van der Waals surface area contributed by atoms with Crippen LogP contribution in [0, 0.1) is 18.8 Å². The van der Waals surface area contributed by atoms with Crippen LogP contribution in [0.4, 0.5) is 0 Å². The number of rotatable bonds is 2. The summed E-state index contributed by atoms with van der Waals surface area (Å²) in [5.74, 6) is 1.67. The molecule has 0 saturated heterocycles. The Balaban J connectivity index is 1.58. The van der Waals surface area contributed by atoms with Gasteiger partial charge in [0.25, 0.3) is 0 Å². The lowest BCUT2D eigenvalue weighted by Gasteiger charge is -2.31. The van der Waals surface area contributed by atoms with Gasteiger partial charge in [0.05, 0.1) is 36.7 Å². The lowest BCUT2D eigenvalue weighted by Crippen LogP contribution is -2.33. The largest absolute Gasteiger partial charge is 0.465 e. The topological polar surface area (TPSA) is 47.4 Å². The van der Waals surface area contributed by atoms with E-state index in [1.54, 1.807) is 5.57 Å². The molecular formula is C27H29N3O2. The highest BCUT2D eigenvalue weighted by atomic mass is 16.5. The molecule has 5 nitrogen and oxygen atoms in total. The van der Waals surface area contributed by atoms with E-state index in [1.807, 2.05) is 6.08 Å². The summed E-state index contributed by atoms with van der Waals surface area (Å²) in [5, 5.41) is 0. The predicted octanol–water partition coefficient (Wildman–Crippen LogP) is 4.96. The van der Waals surface area contributed by atoms with Crippen LogP contribution in [0.25, 0.3) is 11.4 Å². The Labute approximate surface area is 189 Å². The first-order chi connectivity index (χ1) is 15.7. The molecule has 2 aliphatic carbocycles. The third-order valence-corrected chi connectivity index (χ3v) is 7.58. The minimum absolute atomic E-state index is 0.109. The van der Waals surface area contributed by atoms with Crippen molar-refractivity contribution in [1.29, 1.82) is 0 Å². The van der Waals surface area contributed by atoms with Crippen LogP contribution >= 0.6 is 0 Å². The molecule has 5 heteroatoms. The maximum atomic E-state index is 12.4. The zero-order chi connectivity index (χ0) is 21.8. The first kappa shape index (κ1) is 19.6. The highest BCUT2D eigenvalue weighted by molar-refractivity contribution is 5.92. The fourth-order valence-corrected chi connectivity index (χ4v) is 6.24. The average Bonchev–Trinajstić information content (AvgIpc) is 3.32. The molecule has 1 aromatic heterocycles. The fourth-order valence-electron chi connectivity index (χ4n) is 6.24. The number of nitrogens with zero attached hydrogens (tertiary/aromatic N) is 3. The number of benzene rings is 1. The Bertz CT molecular complexity index is 1180. The zero-order valence-corrected chi connectivity index (χ0v) is 18.8. The molecule has 164 valence electrons. The third kappa shape index (κ3) is 2.90. The Morgan fingerprint density at radius 2 is 1.97 bits per heavy atom. The van der Waals surface area contributed by atoms with Crippen LogP contribution in [0.5, 0.6) is 0 Å². The van der Waals surface area contributed by atoms with Gasteiger partial charge < -0.3 is 14.2 Å². The van der Waals surface area contributed by atoms with E-state index >= 15 is 0 Å². The molecule has 6 rings (SSSR count). The Morgan fingerprint density at radius 3 is 2.78 bits per heavy atom. The Morgan fingerprint density at radius 1 is 1.16 bits per heavy atom. The average molecular weight is 428 g/mol. The second-order valence-electron chi connectivity index (χ2n) is 9.44. The van der Waals surface area contributed by atoms with Gasteiger partial charge in [0.15, 0.2) is 0 Å². The van der Waals surface area contributed by atoms with Crippen LogP contribution < -0.4 is 0 Å². The van der Waals surface area contributed by atoms with Crippen LogP contribution in [-0.4, -0.2) is 33.6 Å². The molecule has 0 radical (unpaired) electrons. The van der Waals surface area contributed by atoms with Crippen LogP contribution in [-0.2, 0) is 16.1 Å². The van der Waals surface area contributed by atoms with Crippen LogP contribution in [0.15, 0.2) is 59.8 Å². The number of hydrogen-bond acceptors (Lipinski definition) is 4. The van der Waals surface area contributed by atoms with Gasteiger partial charge in [-0.2, -0.15) is 0 Å². The van der Waals surface area contributed by atoms with Crippen molar-refractivity contribution >= 4 is 11.7 Å². The van der Waals surface area contributed by atoms with E-state index in [1.165, 1.54) is 56.2 Å². The molecule has 0 N–H and O–H groups in total. The summed E-state index contributed by atoms with van der Waals surface area (Å²) in [5.41, 5.74) is 7.07. The quantitative estimate of drug-likeness (QED) is 0.636. The van der Waals surface area contributed by atoms with E-state index in [0.717, 1.165) is 18.1 Å². The van der Waals surface area contributed by atoms with Gasteiger partial charge in [-0.15, -0.1) is 0 Å². The normalized spacial score (nSPS) is 24.3. The van der Waals surface area contributed by atoms with Gasteiger partial charge in [0.1, 0.15) is 5.82 Å². The van der Waals surface area contributed by atoms with Crippen molar-refractivity contribution < 1.29 is 9.53 Å². The van der Waals surface area contributed by atoms with Crippen LogP contribution in [0.2, 0.25) is 0 Å². The van der Waals surface area contributed by atoms with E-state index in [4.69, 9.17) is 9.72 Å². The molecule has 1 fully saturated rings. The summed E-state index contributed by atoms with van der Waals surface area (Å²) in [7, 11) is 1.46. The van der Waals surface area contributed by atoms with Crippen molar-refractivity contribution in [3.63, 3.8) is 0 Å². The molecule has 32 heavy (non-hydrogen) atoms. The molecule has 2 aromatic rings.